The molecule has 6 N–H and O–H groups in total. The van der Waals surface area contributed by atoms with Gasteiger partial charge < -0.3 is 31.0 Å². The van der Waals surface area contributed by atoms with E-state index in [4.69, 9.17) is 22.1 Å². The lowest BCUT2D eigenvalue weighted by molar-refractivity contribution is -0.129. The van der Waals surface area contributed by atoms with E-state index in [9.17, 15) is 23.8 Å². The Kier molecular flexibility index (Phi) is 13.4. The highest BCUT2D eigenvalue weighted by Gasteiger charge is 2.38. The number of alkyl carbamates (subject to hydrolysis) is 1. The van der Waals surface area contributed by atoms with Crippen molar-refractivity contribution in [3.8, 4) is 0 Å². The van der Waals surface area contributed by atoms with Crippen LogP contribution in [0.1, 0.15) is 22.3 Å². The number of aromatic nitrogens is 1. The number of hydrogen-bond donors (Lipinski definition) is 5. The maximum absolute atomic E-state index is 14.3. The smallest absolute Gasteiger partial charge is 0.408 e. The van der Waals surface area contributed by atoms with Gasteiger partial charge in [0.25, 0.3) is 0 Å². The Morgan fingerprint density at radius 2 is 1.49 bits per heavy atom. The summed E-state index contributed by atoms with van der Waals surface area (Å²) in [7, 11) is -4.33. The highest BCUT2D eigenvalue weighted by atomic mass is 35.5. The molecule has 0 saturated heterocycles. The van der Waals surface area contributed by atoms with Crippen molar-refractivity contribution in [2.75, 3.05) is 11.9 Å². The van der Waals surface area contributed by atoms with E-state index in [1.807, 2.05) is 60.7 Å². The van der Waals surface area contributed by atoms with Crippen LogP contribution >= 0.6 is 30.7 Å². The molecular weight excluding hydrogens is 707 g/mol. The number of para-hydroxylation sites is 1. The molecule has 0 fully saturated rings. The third kappa shape index (κ3) is 11.2. The van der Waals surface area contributed by atoms with Gasteiger partial charge in [0.1, 0.15) is 18.4 Å². The fraction of sp³-hybridized carbons (Fsp3) is 0.237. The molecule has 2 unspecified atom stereocenters. The van der Waals surface area contributed by atoms with Crippen molar-refractivity contribution in [3.63, 3.8) is 0 Å². The summed E-state index contributed by atoms with van der Waals surface area (Å²) in [5, 5.41) is 6.86. The minimum Gasteiger partial charge on any atom is -0.445 e. The number of halogens is 1. The molecule has 1 aromatic heterocycles. The van der Waals surface area contributed by atoms with Crippen molar-refractivity contribution < 1.29 is 28.6 Å². The molecule has 10 nitrogen and oxygen atoms in total. The van der Waals surface area contributed by atoms with Crippen LogP contribution < -0.4 is 16.4 Å². The summed E-state index contributed by atoms with van der Waals surface area (Å²) in [6, 6.07) is 31.8. The molecule has 1 heterocycles. The second-order valence-electron chi connectivity index (χ2n) is 12.2. The maximum atomic E-state index is 14.3. The molecule has 5 rings (SSSR count). The van der Waals surface area contributed by atoms with Crippen LogP contribution in [0.3, 0.4) is 0 Å². The standard InChI is InChI=1S/C38H40ClN4O6PS/c39-31-17-15-28(16-18-31)24-51-25-30(37(45)42-34(36(40)44)20-29-21-41-33-14-8-7-13-32(29)33)23-50(47,48)35(19-26-9-3-1-4-10-26)43-38(46)49-22-27-11-5-2-6-12-27/h1-18,21,30,34-35,41H,19-20,22-25H2,(H2,40,44)(H,42,45)(H,43,46)(H,47,48)/t30?,34-,35+/m0/s1. The lowest BCUT2D eigenvalue weighted by atomic mass is 10.0. The van der Waals surface area contributed by atoms with Crippen LogP contribution in [0, 0.1) is 5.92 Å². The average molecular weight is 747 g/mol. The molecular formula is C38H40ClN4O6PS. The number of hydrogen-bond acceptors (Lipinski definition) is 6. The zero-order valence-corrected chi connectivity index (χ0v) is 30.2. The van der Waals surface area contributed by atoms with Gasteiger partial charge in [0.15, 0.2) is 0 Å². The van der Waals surface area contributed by atoms with Gasteiger partial charge in [-0.25, -0.2) is 4.79 Å². The molecule has 0 aliphatic heterocycles. The van der Waals surface area contributed by atoms with Crippen molar-refractivity contribution >= 4 is 59.5 Å². The van der Waals surface area contributed by atoms with Crippen LogP contribution in [0.4, 0.5) is 4.79 Å². The number of aromatic amines is 1. The van der Waals surface area contributed by atoms with Gasteiger partial charge in [0.05, 0.1) is 5.92 Å². The number of thioether (sulfide) groups is 1. The summed E-state index contributed by atoms with van der Waals surface area (Å²) >= 11 is 7.44. The number of primary amides is 1. The van der Waals surface area contributed by atoms with Crippen LogP contribution in [0.5, 0.6) is 0 Å². The largest absolute Gasteiger partial charge is 0.445 e. The monoisotopic (exact) mass is 746 g/mol. The van der Waals surface area contributed by atoms with Gasteiger partial charge in [-0.15, -0.1) is 0 Å². The van der Waals surface area contributed by atoms with E-state index in [0.29, 0.717) is 16.3 Å². The lowest BCUT2D eigenvalue weighted by Crippen LogP contribution is -2.49. The Labute approximate surface area is 306 Å². The molecule has 51 heavy (non-hydrogen) atoms. The number of carbonyl (C=O) groups is 3. The normalized spacial score (nSPS) is 14.2. The van der Waals surface area contributed by atoms with Crippen LogP contribution in [-0.2, 0) is 44.1 Å². The van der Waals surface area contributed by atoms with Gasteiger partial charge in [-0.2, -0.15) is 11.8 Å². The highest BCUT2D eigenvalue weighted by molar-refractivity contribution is 7.98. The molecule has 5 aromatic rings. The van der Waals surface area contributed by atoms with Gasteiger partial charge in [-0.3, -0.25) is 14.2 Å². The molecule has 0 saturated carbocycles. The fourth-order valence-corrected chi connectivity index (χ4v) is 9.00. The summed E-state index contributed by atoms with van der Waals surface area (Å²) < 4.78 is 19.7. The quantitative estimate of drug-likeness (QED) is 0.0666. The topological polar surface area (TPSA) is 164 Å². The molecule has 266 valence electrons. The first-order valence-corrected chi connectivity index (χ1v) is 19.8. The number of rotatable bonds is 17. The van der Waals surface area contributed by atoms with Gasteiger partial charge in [-0.05, 0) is 40.5 Å². The zero-order chi connectivity index (χ0) is 36.2. The lowest BCUT2D eigenvalue weighted by Gasteiger charge is -2.28. The van der Waals surface area contributed by atoms with Crippen molar-refractivity contribution in [2.45, 2.75) is 37.0 Å². The third-order valence-electron chi connectivity index (χ3n) is 8.37. The van der Waals surface area contributed by atoms with Crippen LogP contribution in [-0.4, -0.2) is 51.5 Å². The van der Waals surface area contributed by atoms with E-state index in [1.54, 1.807) is 54.7 Å². The zero-order valence-electron chi connectivity index (χ0n) is 27.7. The van der Waals surface area contributed by atoms with Crippen molar-refractivity contribution in [1.29, 1.82) is 0 Å². The number of nitrogens with two attached hydrogens (primary N) is 1. The third-order valence-corrected chi connectivity index (χ3v) is 12.0. The Morgan fingerprint density at radius 1 is 0.843 bits per heavy atom. The molecule has 0 spiro atoms. The second kappa shape index (κ2) is 18.1. The molecule has 0 radical (unpaired) electrons. The van der Waals surface area contributed by atoms with Crippen molar-refractivity contribution in [1.82, 2.24) is 15.6 Å². The van der Waals surface area contributed by atoms with E-state index in [2.05, 4.69) is 15.6 Å². The summed E-state index contributed by atoms with van der Waals surface area (Å²) in [6.07, 6.45) is 0.579. The first-order valence-electron chi connectivity index (χ1n) is 16.4. The second-order valence-corrected chi connectivity index (χ2v) is 16.2. The van der Waals surface area contributed by atoms with Gasteiger partial charge >= 0.3 is 6.09 Å². The number of ether oxygens (including phenoxy) is 1. The predicted molar refractivity (Wildman–Crippen MR) is 203 cm³/mol. The molecule has 13 heteroatoms. The SMILES string of the molecule is NC(=O)[C@H](Cc1c[nH]c2ccccc12)NC(=O)C(CSCc1ccc(Cl)cc1)CP(=O)(O)[C@H](Cc1ccccc1)NC(=O)OCc1ccccc1. The van der Waals surface area contributed by atoms with Crippen molar-refractivity contribution in [2.24, 2.45) is 11.7 Å². The molecule has 3 amide bonds. The van der Waals surface area contributed by atoms with Gasteiger partial charge in [0, 0.05) is 52.6 Å². The fourth-order valence-electron chi connectivity index (χ4n) is 5.62. The summed E-state index contributed by atoms with van der Waals surface area (Å²) in [4.78, 5) is 54.5. The van der Waals surface area contributed by atoms with E-state index in [-0.39, 0.29) is 25.2 Å². The van der Waals surface area contributed by atoms with E-state index < -0.39 is 49.2 Å². The van der Waals surface area contributed by atoms with Gasteiger partial charge in [0.2, 0.25) is 19.2 Å². The Morgan fingerprint density at radius 3 is 2.18 bits per heavy atom. The summed E-state index contributed by atoms with van der Waals surface area (Å²) in [5.74, 6) is -2.97. The summed E-state index contributed by atoms with van der Waals surface area (Å²) in [5.41, 5.74) is 9.86. The van der Waals surface area contributed by atoms with Crippen molar-refractivity contribution in [3.05, 3.63) is 143 Å². The average Bonchev–Trinajstić information content (AvgIpc) is 3.54. The Balaban J connectivity index is 1.35. The van der Waals surface area contributed by atoms with E-state index >= 15 is 0 Å². The van der Waals surface area contributed by atoms with Crippen LogP contribution in [0.25, 0.3) is 10.9 Å². The number of nitrogens with one attached hydrogen (secondary N) is 3. The van der Waals surface area contributed by atoms with Gasteiger partial charge in [-0.1, -0.05) is 103 Å². The highest BCUT2D eigenvalue weighted by Crippen LogP contribution is 2.48. The predicted octanol–water partition coefficient (Wildman–Crippen LogP) is 6.65. The minimum atomic E-state index is -4.33. The summed E-state index contributed by atoms with van der Waals surface area (Å²) in [6.45, 7) is -0.0300. The van der Waals surface area contributed by atoms with Crippen LogP contribution in [0.15, 0.2) is 115 Å². The molecule has 0 aliphatic carbocycles. The van der Waals surface area contributed by atoms with E-state index in [0.717, 1.165) is 27.6 Å². The number of fused-ring (bicyclic) bond motifs is 1. The minimum absolute atomic E-state index is 0.0196. The molecule has 0 bridgehead atoms. The number of amides is 3. The van der Waals surface area contributed by atoms with Crippen LogP contribution in [0.2, 0.25) is 5.02 Å². The number of carbonyl (C=O) groups excluding carboxylic acids is 3. The Hall–Kier alpha value is -4.54. The molecule has 4 aromatic carbocycles. The molecule has 0 aliphatic rings. The first kappa shape index (κ1) is 37.7. The first-order chi connectivity index (χ1) is 24.6. The Bertz CT molecular complexity index is 1960. The van der Waals surface area contributed by atoms with E-state index in [1.165, 1.54) is 11.8 Å². The number of benzene rings is 4. The molecule has 4 atom stereocenters. The maximum Gasteiger partial charge on any atom is 0.408 e. The number of H-pyrrole nitrogens is 1.